The Morgan fingerprint density at radius 2 is 2.18 bits per heavy atom. The lowest BCUT2D eigenvalue weighted by Gasteiger charge is -2.37. The van der Waals surface area contributed by atoms with E-state index in [4.69, 9.17) is 0 Å². The molecule has 3 nitrogen and oxygen atoms in total. The first-order valence-electron chi connectivity index (χ1n) is 3.87. The fraction of sp³-hybridized carbons (Fsp3) is 0.875. The lowest BCUT2D eigenvalue weighted by molar-refractivity contribution is -0.147. The van der Waals surface area contributed by atoms with E-state index in [1.165, 1.54) is 0 Å². The highest BCUT2D eigenvalue weighted by atomic mass is 16.3. The van der Waals surface area contributed by atoms with E-state index < -0.39 is 0 Å². The van der Waals surface area contributed by atoms with Crippen LogP contribution in [0.3, 0.4) is 0 Å². The first-order chi connectivity index (χ1) is 4.93. The van der Waals surface area contributed by atoms with Crippen LogP contribution < -0.4 is 0 Å². The van der Waals surface area contributed by atoms with Crippen LogP contribution in [-0.2, 0) is 4.79 Å². The standard InChI is InChI=1S/C8H15NO2/c1-8(2)4-6(10)5-9(3)7(8)11/h6,10H,4-5H2,1-3H3. The molecular weight excluding hydrogens is 142 g/mol. The summed E-state index contributed by atoms with van der Waals surface area (Å²) in [5.74, 6) is 0.128. The molecule has 1 unspecified atom stereocenters. The minimum Gasteiger partial charge on any atom is -0.391 e. The molecule has 0 spiro atoms. The summed E-state index contributed by atoms with van der Waals surface area (Å²) in [5.41, 5.74) is -0.383. The van der Waals surface area contributed by atoms with Crippen molar-refractivity contribution in [3.05, 3.63) is 0 Å². The molecule has 0 aromatic heterocycles. The number of rotatable bonds is 0. The molecule has 1 N–H and O–H groups in total. The maximum Gasteiger partial charge on any atom is 0.228 e. The Labute approximate surface area is 67.0 Å². The zero-order valence-electron chi connectivity index (χ0n) is 7.29. The van der Waals surface area contributed by atoms with E-state index in [0.717, 1.165) is 0 Å². The SMILES string of the molecule is CN1CC(O)CC(C)(C)C1=O. The fourth-order valence-corrected chi connectivity index (χ4v) is 1.66. The highest BCUT2D eigenvalue weighted by molar-refractivity contribution is 5.82. The van der Waals surface area contributed by atoms with Crippen LogP contribution in [-0.4, -0.2) is 35.6 Å². The first kappa shape index (κ1) is 8.53. The summed E-state index contributed by atoms with van der Waals surface area (Å²) in [5, 5.41) is 9.34. The zero-order chi connectivity index (χ0) is 8.65. The largest absolute Gasteiger partial charge is 0.391 e. The van der Waals surface area contributed by atoms with Crippen molar-refractivity contribution in [3.63, 3.8) is 0 Å². The minimum absolute atomic E-state index is 0.128. The van der Waals surface area contributed by atoms with Crippen molar-refractivity contribution in [1.82, 2.24) is 4.90 Å². The van der Waals surface area contributed by atoms with E-state index in [-0.39, 0.29) is 17.4 Å². The van der Waals surface area contributed by atoms with Crippen LogP contribution in [0.15, 0.2) is 0 Å². The van der Waals surface area contributed by atoms with Gasteiger partial charge in [-0.3, -0.25) is 4.79 Å². The van der Waals surface area contributed by atoms with Crippen molar-refractivity contribution in [2.24, 2.45) is 5.41 Å². The topological polar surface area (TPSA) is 40.5 Å². The van der Waals surface area contributed by atoms with Gasteiger partial charge >= 0.3 is 0 Å². The number of aliphatic hydroxyl groups excluding tert-OH is 1. The number of likely N-dealkylation sites (N-methyl/N-ethyl adjacent to an activating group) is 1. The molecule has 64 valence electrons. The van der Waals surface area contributed by atoms with Gasteiger partial charge in [0.15, 0.2) is 0 Å². The molecule has 1 aliphatic heterocycles. The number of carbonyl (C=O) groups is 1. The van der Waals surface area contributed by atoms with Crippen molar-refractivity contribution in [3.8, 4) is 0 Å². The van der Waals surface area contributed by atoms with Gasteiger partial charge in [0.2, 0.25) is 5.91 Å². The minimum atomic E-state index is -0.383. The van der Waals surface area contributed by atoms with E-state index >= 15 is 0 Å². The summed E-state index contributed by atoms with van der Waals surface area (Å²) < 4.78 is 0. The van der Waals surface area contributed by atoms with Crippen LogP contribution in [0.2, 0.25) is 0 Å². The number of likely N-dealkylation sites (tertiary alicyclic amines) is 1. The van der Waals surface area contributed by atoms with Gasteiger partial charge in [0, 0.05) is 19.0 Å². The van der Waals surface area contributed by atoms with Gasteiger partial charge < -0.3 is 10.0 Å². The second-order valence-corrected chi connectivity index (χ2v) is 3.93. The number of hydrogen-bond acceptors (Lipinski definition) is 2. The Kier molecular flexibility index (Phi) is 1.92. The molecule has 0 aromatic rings. The van der Waals surface area contributed by atoms with E-state index in [1.807, 2.05) is 13.8 Å². The normalized spacial score (nSPS) is 30.7. The molecule has 11 heavy (non-hydrogen) atoms. The van der Waals surface area contributed by atoms with Gasteiger partial charge in [0.1, 0.15) is 0 Å². The van der Waals surface area contributed by atoms with Crippen LogP contribution in [0.1, 0.15) is 20.3 Å². The molecule has 0 aliphatic carbocycles. The summed E-state index contributed by atoms with van der Waals surface area (Å²) in [7, 11) is 1.73. The summed E-state index contributed by atoms with van der Waals surface area (Å²) in [6.45, 7) is 4.21. The molecule has 1 atom stereocenters. The highest BCUT2D eigenvalue weighted by Gasteiger charge is 2.37. The van der Waals surface area contributed by atoms with Crippen LogP contribution in [0.5, 0.6) is 0 Å². The van der Waals surface area contributed by atoms with Gasteiger partial charge in [-0.05, 0) is 6.42 Å². The summed E-state index contributed by atoms with van der Waals surface area (Å²) >= 11 is 0. The Morgan fingerprint density at radius 1 is 1.64 bits per heavy atom. The van der Waals surface area contributed by atoms with Crippen molar-refractivity contribution >= 4 is 5.91 Å². The summed E-state index contributed by atoms with van der Waals surface area (Å²) in [6, 6.07) is 0. The monoisotopic (exact) mass is 157 g/mol. The molecule has 1 heterocycles. The van der Waals surface area contributed by atoms with Crippen molar-refractivity contribution in [2.75, 3.05) is 13.6 Å². The van der Waals surface area contributed by atoms with Crippen LogP contribution in [0.25, 0.3) is 0 Å². The van der Waals surface area contributed by atoms with Gasteiger partial charge in [0.25, 0.3) is 0 Å². The maximum atomic E-state index is 11.4. The van der Waals surface area contributed by atoms with Crippen LogP contribution in [0, 0.1) is 5.41 Å². The summed E-state index contributed by atoms with van der Waals surface area (Å²) in [4.78, 5) is 13.0. The number of piperidine rings is 1. The van der Waals surface area contributed by atoms with E-state index in [2.05, 4.69) is 0 Å². The van der Waals surface area contributed by atoms with E-state index in [9.17, 15) is 9.90 Å². The van der Waals surface area contributed by atoms with Gasteiger partial charge in [-0.25, -0.2) is 0 Å². The van der Waals surface area contributed by atoms with Crippen LogP contribution >= 0.6 is 0 Å². The molecule has 1 amide bonds. The average Bonchev–Trinajstić information content (AvgIpc) is 1.81. The molecule has 1 rings (SSSR count). The molecule has 3 heteroatoms. The number of nitrogens with zero attached hydrogens (tertiary/aromatic N) is 1. The maximum absolute atomic E-state index is 11.4. The molecule has 1 aliphatic rings. The number of hydrogen-bond donors (Lipinski definition) is 1. The highest BCUT2D eigenvalue weighted by Crippen LogP contribution is 2.29. The van der Waals surface area contributed by atoms with Gasteiger partial charge in [-0.2, -0.15) is 0 Å². The molecule has 1 fully saturated rings. The third kappa shape index (κ3) is 1.53. The lowest BCUT2D eigenvalue weighted by atomic mass is 9.82. The van der Waals surface area contributed by atoms with E-state index in [0.29, 0.717) is 13.0 Å². The van der Waals surface area contributed by atoms with Crippen molar-refractivity contribution in [2.45, 2.75) is 26.4 Å². The number of amides is 1. The predicted molar refractivity (Wildman–Crippen MR) is 42.0 cm³/mol. The van der Waals surface area contributed by atoms with Crippen LogP contribution in [0.4, 0.5) is 0 Å². The lowest BCUT2D eigenvalue weighted by Crippen LogP contribution is -2.49. The van der Waals surface area contributed by atoms with Gasteiger partial charge in [-0.1, -0.05) is 13.8 Å². The number of β-amino-alcohol motifs (C(OH)–C–C–N with tert-alkyl or cyclic N) is 1. The fourth-order valence-electron chi connectivity index (χ4n) is 1.66. The molecule has 0 saturated carbocycles. The smallest absolute Gasteiger partial charge is 0.228 e. The first-order valence-corrected chi connectivity index (χ1v) is 3.87. The Hall–Kier alpha value is -0.570. The zero-order valence-corrected chi connectivity index (χ0v) is 7.29. The average molecular weight is 157 g/mol. The molecule has 0 radical (unpaired) electrons. The Balaban J connectivity index is 2.75. The van der Waals surface area contributed by atoms with Crippen molar-refractivity contribution in [1.29, 1.82) is 0 Å². The summed E-state index contributed by atoms with van der Waals surface area (Å²) in [6.07, 6.45) is 0.226. The Bertz CT molecular complexity index is 177. The third-order valence-electron chi connectivity index (χ3n) is 2.16. The second kappa shape index (κ2) is 2.48. The quantitative estimate of drug-likeness (QED) is 0.547. The predicted octanol–water partition coefficient (Wildman–Crippen LogP) is 0.236. The molecule has 1 saturated heterocycles. The Morgan fingerprint density at radius 3 is 2.64 bits per heavy atom. The van der Waals surface area contributed by atoms with Gasteiger partial charge in [-0.15, -0.1) is 0 Å². The number of aliphatic hydroxyl groups is 1. The second-order valence-electron chi connectivity index (χ2n) is 3.93. The van der Waals surface area contributed by atoms with Crippen molar-refractivity contribution < 1.29 is 9.90 Å². The molecule has 0 aromatic carbocycles. The molecule has 0 bridgehead atoms. The van der Waals surface area contributed by atoms with Gasteiger partial charge in [0.05, 0.1) is 6.10 Å². The molecular formula is C8H15NO2. The third-order valence-corrected chi connectivity index (χ3v) is 2.16. The number of carbonyl (C=O) groups excluding carboxylic acids is 1. The van der Waals surface area contributed by atoms with E-state index in [1.54, 1.807) is 11.9 Å².